The molecule has 3 nitrogen and oxygen atoms in total. The second kappa shape index (κ2) is 4.76. The largest absolute Gasteiger partial charge is 0.314 e. The first-order valence-electron chi connectivity index (χ1n) is 4.85. The molecular formula is C11H11BrFN3. The van der Waals surface area contributed by atoms with Gasteiger partial charge in [-0.25, -0.2) is 4.39 Å². The minimum Gasteiger partial charge on any atom is -0.314 e. The lowest BCUT2D eigenvalue weighted by Gasteiger charge is -1.98. The van der Waals surface area contributed by atoms with Gasteiger partial charge >= 0.3 is 0 Å². The van der Waals surface area contributed by atoms with Gasteiger partial charge in [0.2, 0.25) is 0 Å². The van der Waals surface area contributed by atoms with E-state index in [9.17, 15) is 4.39 Å². The average molecular weight is 284 g/mol. The Labute approximate surface area is 101 Å². The maximum atomic E-state index is 13.1. The number of rotatable bonds is 3. The van der Waals surface area contributed by atoms with Gasteiger partial charge in [0.25, 0.3) is 0 Å². The first kappa shape index (κ1) is 11.3. The topological polar surface area (TPSA) is 40.7 Å². The van der Waals surface area contributed by atoms with Crippen molar-refractivity contribution in [2.75, 3.05) is 7.05 Å². The first-order chi connectivity index (χ1) is 7.70. The molecule has 84 valence electrons. The van der Waals surface area contributed by atoms with Crippen molar-refractivity contribution in [2.45, 2.75) is 6.54 Å². The lowest BCUT2D eigenvalue weighted by molar-refractivity contribution is 0.621. The Balaban J connectivity index is 2.31. The van der Waals surface area contributed by atoms with Crippen LogP contribution < -0.4 is 5.32 Å². The molecule has 0 saturated carbocycles. The minimum absolute atomic E-state index is 0.269. The van der Waals surface area contributed by atoms with Gasteiger partial charge in [-0.15, -0.1) is 0 Å². The number of hydrogen-bond donors (Lipinski definition) is 2. The molecule has 1 aromatic heterocycles. The van der Waals surface area contributed by atoms with Gasteiger partial charge in [0, 0.05) is 17.8 Å². The molecule has 5 heteroatoms. The summed E-state index contributed by atoms with van der Waals surface area (Å²) >= 11 is 3.16. The van der Waals surface area contributed by atoms with E-state index in [1.807, 2.05) is 13.1 Å². The van der Waals surface area contributed by atoms with Crippen molar-refractivity contribution in [2.24, 2.45) is 0 Å². The lowest BCUT2D eigenvalue weighted by Crippen LogP contribution is -2.04. The van der Waals surface area contributed by atoms with E-state index in [2.05, 4.69) is 31.4 Å². The predicted octanol–water partition coefficient (Wildman–Crippen LogP) is 2.70. The van der Waals surface area contributed by atoms with Crippen LogP contribution in [0.5, 0.6) is 0 Å². The van der Waals surface area contributed by atoms with Crippen LogP contribution in [0.2, 0.25) is 0 Å². The van der Waals surface area contributed by atoms with Gasteiger partial charge in [0.1, 0.15) is 5.82 Å². The number of H-pyrrole nitrogens is 1. The predicted molar refractivity (Wildman–Crippen MR) is 64.4 cm³/mol. The molecule has 0 unspecified atom stereocenters. The second-order valence-corrected chi connectivity index (χ2v) is 4.29. The van der Waals surface area contributed by atoms with Crippen molar-refractivity contribution >= 4 is 15.9 Å². The van der Waals surface area contributed by atoms with Gasteiger partial charge in [0.15, 0.2) is 0 Å². The fraction of sp³-hybridized carbons (Fsp3) is 0.182. The molecule has 1 heterocycles. The third-order valence-corrected chi connectivity index (χ3v) is 2.82. The number of nitrogens with zero attached hydrogens (tertiary/aromatic N) is 1. The van der Waals surface area contributed by atoms with E-state index in [0.717, 1.165) is 23.5 Å². The Bertz CT molecular complexity index is 496. The molecule has 0 bridgehead atoms. The van der Waals surface area contributed by atoms with Gasteiger partial charge in [0.05, 0.1) is 10.2 Å². The van der Waals surface area contributed by atoms with E-state index in [1.54, 1.807) is 12.1 Å². The zero-order chi connectivity index (χ0) is 11.5. The van der Waals surface area contributed by atoms with Crippen molar-refractivity contribution in [3.63, 3.8) is 0 Å². The average Bonchev–Trinajstić information content (AvgIpc) is 2.71. The van der Waals surface area contributed by atoms with Crippen molar-refractivity contribution in [3.05, 3.63) is 40.2 Å². The summed E-state index contributed by atoms with van der Waals surface area (Å²) in [6, 6.07) is 6.79. The second-order valence-electron chi connectivity index (χ2n) is 3.44. The number of aromatic amines is 1. The minimum atomic E-state index is -0.269. The molecular weight excluding hydrogens is 273 g/mol. The normalized spacial score (nSPS) is 10.7. The highest BCUT2D eigenvalue weighted by Gasteiger charge is 2.06. The van der Waals surface area contributed by atoms with Crippen molar-refractivity contribution in [1.82, 2.24) is 15.5 Å². The van der Waals surface area contributed by atoms with Crippen molar-refractivity contribution in [3.8, 4) is 11.3 Å². The van der Waals surface area contributed by atoms with Crippen LogP contribution in [0.3, 0.4) is 0 Å². The number of hydrogen-bond acceptors (Lipinski definition) is 2. The number of benzene rings is 1. The Kier molecular flexibility index (Phi) is 3.36. The van der Waals surface area contributed by atoms with Gasteiger partial charge in [-0.3, -0.25) is 5.10 Å². The highest BCUT2D eigenvalue weighted by atomic mass is 79.9. The Morgan fingerprint density at radius 3 is 2.94 bits per heavy atom. The molecule has 0 spiro atoms. The molecule has 16 heavy (non-hydrogen) atoms. The molecule has 0 saturated heterocycles. The highest BCUT2D eigenvalue weighted by Crippen LogP contribution is 2.24. The van der Waals surface area contributed by atoms with Gasteiger partial charge in [-0.2, -0.15) is 5.10 Å². The summed E-state index contributed by atoms with van der Waals surface area (Å²) in [5, 5.41) is 10.1. The summed E-state index contributed by atoms with van der Waals surface area (Å²) in [4.78, 5) is 0. The molecule has 0 aliphatic carbocycles. The molecule has 0 atom stereocenters. The summed E-state index contributed by atoms with van der Waals surface area (Å²) in [5.41, 5.74) is 2.69. The molecule has 1 aromatic carbocycles. The van der Waals surface area contributed by atoms with E-state index < -0.39 is 0 Å². The van der Waals surface area contributed by atoms with E-state index in [-0.39, 0.29) is 5.82 Å². The molecule has 2 aromatic rings. The Morgan fingerprint density at radius 2 is 2.25 bits per heavy atom. The summed E-state index contributed by atoms with van der Waals surface area (Å²) in [6.45, 7) is 0.732. The van der Waals surface area contributed by atoms with Crippen LogP contribution in [0.15, 0.2) is 28.7 Å². The van der Waals surface area contributed by atoms with E-state index in [4.69, 9.17) is 0 Å². The third kappa shape index (κ3) is 2.31. The van der Waals surface area contributed by atoms with E-state index in [0.29, 0.717) is 4.47 Å². The van der Waals surface area contributed by atoms with Crippen LogP contribution >= 0.6 is 15.9 Å². The Morgan fingerprint density at radius 1 is 1.44 bits per heavy atom. The molecule has 0 aliphatic heterocycles. The van der Waals surface area contributed by atoms with Crippen molar-refractivity contribution in [1.29, 1.82) is 0 Å². The van der Waals surface area contributed by atoms with Crippen LogP contribution in [0, 0.1) is 5.82 Å². The molecule has 0 radical (unpaired) electrons. The standard InChI is InChI=1S/C11H11BrFN3/c1-14-6-8-5-11(16-15-8)7-2-3-10(13)9(12)4-7/h2-5,14H,6H2,1H3,(H,15,16). The fourth-order valence-corrected chi connectivity index (χ4v) is 1.82. The van der Waals surface area contributed by atoms with Crippen LogP contribution in [-0.4, -0.2) is 17.2 Å². The smallest absolute Gasteiger partial charge is 0.137 e. The molecule has 2 N–H and O–H groups in total. The maximum absolute atomic E-state index is 13.1. The maximum Gasteiger partial charge on any atom is 0.137 e. The third-order valence-electron chi connectivity index (χ3n) is 2.21. The monoisotopic (exact) mass is 283 g/mol. The van der Waals surface area contributed by atoms with Gasteiger partial charge < -0.3 is 5.32 Å². The highest BCUT2D eigenvalue weighted by molar-refractivity contribution is 9.10. The van der Waals surface area contributed by atoms with E-state index >= 15 is 0 Å². The van der Waals surface area contributed by atoms with Crippen molar-refractivity contribution < 1.29 is 4.39 Å². The zero-order valence-corrected chi connectivity index (χ0v) is 10.3. The van der Waals surface area contributed by atoms with E-state index in [1.165, 1.54) is 6.07 Å². The van der Waals surface area contributed by atoms with Crippen LogP contribution in [0.1, 0.15) is 5.69 Å². The SMILES string of the molecule is CNCc1cc(-c2ccc(F)c(Br)c2)n[nH]1. The number of nitrogens with one attached hydrogen (secondary N) is 2. The molecule has 0 amide bonds. The van der Waals surface area contributed by atoms with Crippen LogP contribution in [-0.2, 0) is 6.54 Å². The quantitative estimate of drug-likeness (QED) is 0.909. The Hall–Kier alpha value is -1.20. The molecule has 0 aliphatic rings. The summed E-state index contributed by atoms with van der Waals surface area (Å²) < 4.78 is 13.5. The fourth-order valence-electron chi connectivity index (χ4n) is 1.45. The first-order valence-corrected chi connectivity index (χ1v) is 5.64. The van der Waals surface area contributed by atoms with Crippen LogP contribution in [0.25, 0.3) is 11.3 Å². The number of halogens is 2. The molecule has 2 rings (SSSR count). The summed E-state index contributed by atoms with van der Waals surface area (Å²) in [6.07, 6.45) is 0. The summed E-state index contributed by atoms with van der Waals surface area (Å²) in [7, 11) is 1.87. The lowest BCUT2D eigenvalue weighted by atomic mass is 10.1. The van der Waals surface area contributed by atoms with Gasteiger partial charge in [-0.1, -0.05) is 0 Å². The number of aromatic nitrogens is 2. The van der Waals surface area contributed by atoms with Crippen LogP contribution in [0.4, 0.5) is 4.39 Å². The zero-order valence-electron chi connectivity index (χ0n) is 8.72. The molecule has 0 fully saturated rings. The van der Waals surface area contributed by atoms with Gasteiger partial charge in [-0.05, 0) is 47.2 Å². The summed E-state index contributed by atoms with van der Waals surface area (Å²) in [5.74, 6) is -0.269.